The quantitative estimate of drug-likeness (QED) is 0.920. The van der Waals surface area contributed by atoms with E-state index in [1.165, 1.54) is 4.57 Å². The molecule has 2 aromatic heterocycles. The van der Waals surface area contributed by atoms with Gasteiger partial charge in [-0.3, -0.25) is 14.6 Å². The lowest BCUT2D eigenvalue weighted by atomic mass is 10.3. The Kier molecular flexibility index (Phi) is 3.57. The van der Waals surface area contributed by atoms with E-state index in [1.54, 1.807) is 43.7 Å². The van der Waals surface area contributed by atoms with Crippen molar-refractivity contribution in [3.63, 3.8) is 0 Å². The summed E-state index contributed by atoms with van der Waals surface area (Å²) in [6.07, 6.45) is 3.10. The van der Waals surface area contributed by atoms with Gasteiger partial charge < -0.3 is 9.88 Å². The van der Waals surface area contributed by atoms with Gasteiger partial charge in [0.1, 0.15) is 5.69 Å². The minimum absolute atomic E-state index is 0.161. The van der Waals surface area contributed by atoms with Crippen LogP contribution < -0.4 is 10.9 Å². The van der Waals surface area contributed by atoms with Crippen LogP contribution in [0.15, 0.2) is 45.9 Å². The topological polar surface area (TPSA) is 64.0 Å². The number of nitrogens with zero attached hydrogens (tertiary/aromatic N) is 2. The summed E-state index contributed by atoms with van der Waals surface area (Å²) in [6, 6.07) is 6.65. The molecule has 2 rings (SSSR count). The van der Waals surface area contributed by atoms with Crippen molar-refractivity contribution in [2.24, 2.45) is 7.05 Å². The Morgan fingerprint density at radius 1 is 1.44 bits per heavy atom. The van der Waals surface area contributed by atoms with Crippen LogP contribution in [0.4, 0.5) is 5.69 Å². The molecule has 2 aromatic rings. The highest BCUT2D eigenvalue weighted by atomic mass is 79.9. The van der Waals surface area contributed by atoms with Crippen molar-refractivity contribution in [3.8, 4) is 0 Å². The molecule has 0 atom stereocenters. The lowest BCUT2D eigenvalue weighted by Gasteiger charge is -2.07. The Balaban J connectivity index is 2.25. The van der Waals surface area contributed by atoms with E-state index in [2.05, 4.69) is 26.2 Å². The highest BCUT2D eigenvalue weighted by Crippen LogP contribution is 2.12. The van der Waals surface area contributed by atoms with Gasteiger partial charge in [-0.1, -0.05) is 6.07 Å². The first-order valence-corrected chi connectivity index (χ1v) is 5.96. The molecule has 0 aliphatic carbocycles. The van der Waals surface area contributed by atoms with Crippen molar-refractivity contribution in [1.29, 1.82) is 0 Å². The van der Waals surface area contributed by atoms with Crippen LogP contribution in [0.25, 0.3) is 0 Å². The molecule has 1 N–H and O–H groups in total. The smallest absolute Gasteiger partial charge is 0.274 e. The van der Waals surface area contributed by atoms with Crippen molar-refractivity contribution in [2.45, 2.75) is 0 Å². The first-order valence-electron chi connectivity index (χ1n) is 5.16. The van der Waals surface area contributed by atoms with Crippen LogP contribution in [-0.4, -0.2) is 15.5 Å². The average molecular weight is 308 g/mol. The number of aryl methyl sites for hydroxylation is 1. The van der Waals surface area contributed by atoms with Gasteiger partial charge in [0.15, 0.2) is 0 Å². The summed E-state index contributed by atoms with van der Waals surface area (Å²) in [7, 11) is 1.61. The maximum absolute atomic E-state index is 11.8. The van der Waals surface area contributed by atoms with Gasteiger partial charge >= 0.3 is 0 Å². The Morgan fingerprint density at radius 2 is 2.22 bits per heavy atom. The van der Waals surface area contributed by atoms with Crippen molar-refractivity contribution in [1.82, 2.24) is 9.55 Å². The van der Waals surface area contributed by atoms with Crippen molar-refractivity contribution >= 4 is 27.5 Å². The predicted molar refractivity (Wildman–Crippen MR) is 71.6 cm³/mol. The molecule has 92 valence electrons. The third kappa shape index (κ3) is 2.65. The third-order valence-corrected chi connectivity index (χ3v) is 2.86. The fourth-order valence-corrected chi connectivity index (χ4v) is 1.96. The normalized spacial score (nSPS) is 10.1. The zero-order valence-electron chi connectivity index (χ0n) is 9.55. The summed E-state index contributed by atoms with van der Waals surface area (Å²) in [4.78, 5) is 27.3. The largest absolute Gasteiger partial charge is 0.319 e. The zero-order valence-corrected chi connectivity index (χ0v) is 11.1. The van der Waals surface area contributed by atoms with Gasteiger partial charge in [0, 0.05) is 19.4 Å². The molecule has 5 nitrogen and oxygen atoms in total. The van der Waals surface area contributed by atoms with Crippen LogP contribution >= 0.6 is 15.9 Å². The van der Waals surface area contributed by atoms with Crippen LogP contribution in [-0.2, 0) is 7.05 Å². The lowest BCUT2D eigenvalue weighted by Crippen LogP contribution is -2.20. The van der Waals surface area contributed by atoms with Crippen LogP contribution in [0, 0.1) is 0 Å². The van der Waals surface area contributed by atoms with Crippen LogP contribution in [0.3, 0.4) is 0 Å². The molecule has 0 unspecified atom stereocenters. The first kappa shape index (κ1) is 12.5. The average Bonchev–Trinajstić information content (AvgIpc) is 2.37. The summed E-state index contributed by atoms with van der Waals surface area (Å²) in [5.41, 5.74) is 0.688. The maximum atomic E-state index is 11.8. The SMILES string of the molecule is Cn1cc(NC(=O)c2ccccn2)cc(Br)c1=O. The van der Waals surface area contributed by atoms with Crippen LogP contribution in [0.5, 0.6) is 0 Å². The molecule has 18 heavy (non-hydrogen) atoms. The molecule has 0 aliphatic rings. The molecule has 0 saturated carbocycles. The molecule has 2 heterocycles. The number of pyridine rings is 2. The number of amides is 1. The van der Waals surface area contributed by atoms with Gasteiger partial charge in [-0.15, -0.1) is 0 Å². The number of halogens is 1. The molecular formula is C12H10BrN3O2. The van der Waals surface area contributed by atoms with Gasteiger partial charge in [-0.25, -0.2) is 0 Å². The number of carbonyl (C=O) groups excluding carboxylic acids is 1. The highest BCUT2D eigenvalue weighted by molar-refractivity contribution is 9.10. The minimum atomic E-state index is -0.318. The van der Waals surface area contributed by atoms with Gasteiger partial charge in [-0.2, -0.15) is 0 Å². The monoisotopic (exact) mass is 307 g/mol. The number of rotatable bonds is 2. The van der Waals surface area contributed by atoms with Gasteiger partial charge in [0.25, 0.3) is 11.5 Å². The van der Waals surface area contributed by atoms with Crippen molar-refractivity contribution < 1.29 is 4.79 Å². The predicted octanol–water partition coefficient (Wildman–Crippen LogP) is 1.80. The van der Waals surface area contributed by atoms with Gasteiger partial charge in [0.05, 0.1) is 10.2 Å². The van der Waals surface area contributed by atoms with Crippen molar-refractivity contribution in [2.75, 3.05) is 5.32 Å². The number of hydrogen-bond donors (Lipinski definition) is 1. The number of hydrogen-bond acceptors (Lipinski definition) is 3. The zero-order chi connectivity index (χ0) is 13.1. The molecule has 0 aliphatic heterocycles. The summed E-state index contributed by atoms with van der Waals surface area (Å²) >= 11 is 3.14. The van der Waals surface area contributed by atoms with Crippen LogP contribution in [0.1, 0.15) is 10.5 Å². The van der Waals surface area contributed by atoms with Gasteiger partial charge in [0.2, 0.25) is 0 Å². The second-order valence-corrected chi connectivity index (χ2v) is 4.52. The Labute approximate surface area is 112 Å². The van der Waals surface area contributed by atoms with E-state index in [9.17, 15) is 9.59 Å². The molecular weight excluding hydrogens is 298 g/mol. The molecule has 0 radical (unpaired) electrons. The van der Waals surface area contributed by atoms with Gasteiger partial charge in [-0.05, 0) is 34.1 Å². The van der Waals surface area contributed by atoms with E-state index < -0.39 is 0 Å². The molecule has 0 aromatic carbocycles. The third-order valence-electron chi connectivity index (χ3n) is 2.30. The highest BCUT2D eigenvalue weighted by Gasteiger charge is 2.08. The minimum Gasteiger partial charge on any atom is -0.319 e. The number of anilines is 1. The summed E-state index contributed by atoms with van der Waals surface area (Å²) in [5.74, 6) is -0.318. The lowest BCUT2D eigenvalue weighted by molar-refractivity contribution is 0.102. The second kappa shape index (κ2) is 5.14. The molecule has 1 amide bonds. The first-order chi connectivity index (χ1) is 8.58. The molecule has 0 fully saturated rings. The van der Waals surface area contributed by atoms with Crippen LogP contribution in [0.2, 0.25) is 0 Å². The summed E-state index contributed by atoms with van der Waals surface area (Å²) in [6.45, 7) is 0. The number of aromatic nitrogens is 2. The standard InChI is InChI=1S/C12H10BrN3O2/c1-16-7-8(6-9(13)12(16)18)15-11(17)10-4-2-3-5-14-10/h2-7H,1H3,(H,15,17). The molecule has 0 spiro atoms. The Bertz CT molecular complexity index is 611. The maximum Gasteiger partial charge on any atom is 0.274 e. The van der Waals surface area contributed by atoms with E-state index in [-0.39, 0.29) is 11.5 Å². The fraction of sp³-hybridized carbons (Fsp3) is 0.0833. The van der Waals surface area contributed by atoms with E-state index in [1.807, 2.05) is 0 Å². The number of carbonyl (C=O) groups is 1. The van der Waals surface area contributed by atoms with E-state index >= 15 is 0 Å². The summed E-state index contributed by atoms with van der Waals surface area (Å²) < 4.78 is 1.78. The second-order valence-electron chi connectivity index (χ2n) is 3.66. The van der Waals surface area contributed by atoms with E-state index in [4.69, 9.17) is 0 Å². The van der Waals surface area contributed by atoms with E-state index in [0.717, 1.165) is 0 Å². The number of nitrogens with one attached hydrogen (secondary N) is 1. The molecule has 0 bridgehead atoms. The van der Waals surface area contributed by atoms with Crippen molar-refractivity contribution in [3.05, 3.63) is 57.2 Å². The molecule has 0 saturated heterocycles. The fourth-order valence-electron chi connectivity index (χ4n) is 1.43. The Hall–Kier alpha value is -1.95. The van der Waals surface area contributed by atoms with E-state index in [0.29, 0.717) is 15.9 Å². The molecule has 6 heteroatoms. The summed E-state index contributed by atoms with van der Waals surface area (Å²) in [5, 5.41) is 2.68. The Morgan fingerprint density at radius 3 is 2.83 bits per heavy atom.